The van der Waals surface area contributed by atoms with Gasteiger partial charge in [0.15, 0.2) is 5.78 Å². The molecule has 0 heterocycles. The number of terminal acetylenes is 1. The number of aliphatic hydroxyl groups is 1. The second kappa shape index (κ2) is 8.12. The van der Waals surface area contributed by atoms with Gasteiger partial charge in [0.25, 0.3) is 0 Å². The zero-order chi connectivity index (χ0) is 15.0. The van der Waals surface area contributed by atoms with Crippen LogP contribution in [0, 0.1) is 12.3 Å². The maximum absolute atomic E-state index is 11.2. The first-order valence-corrected chi connectivity index (χ1v) is 5.97. The van der Waals surface area contributed by atoms with Crippen molar-refractivity contribution in [1.82, 2.24) is 0 Å². The number of allylic oxidation sites excluding steroid dienone is 6. The molecule has 3 N–H and O–H groups in total. The molecule has 0 aliphatic rings. The number of aliphatic hydroxyl groups excluding tert-OH is 1. The Hall–Kier alpha value is -2.05. The molecule has 0 aromatic carbocycles. The SMILES string of the molecule is C#C\C=C(C)/C(CO)=C(C)/C(/C=C(/N)C(C)=O)=C/C. The van der Waals surface area contributed by atoms with Crippen molar-refractivity contribution in [2.24, 2.45) is 5.73 Å². The molecule has 0 rings (SSSR count). The van der Waals surface area contributed by atoms with Gasteiger partial charge in [0.1, 0.15) is 0 Å². The van der Waals surface area contributed by atoms with Crippen LogP contribution in [0.3, 0.4) is 0 Å². The first kappa shape index (κ1) is 16.9. The standard InChI is InChI=1S/C16H21NO2/c1-6-8-11(3)15(10-18)12(4)14(7-2)9-16(17)13(5)19/h1,7-9,18H,10,17H2,2-5H3/b11-8-,14-7+,15-12+,16-9+. The van der Waals surface area contributed by atoms with Crippen LogP contribution in [0.25, 0.3) is 0 Å². The average molecular weight is 259 g/mol. The van der Waals surface area contributed by atoms with Crippen molar-refractivity contribution in [1.29, 1.82) is 0 Å². The molecule has 0 aromatic rings. The molecule has 0 aromatic heterocycles. The van der Waals surface area contributed by atoms with Gasteiger partial charge in [-0.1, -0.05) is 12.0 Å². The quantitative estimate of drug-likeness (QED) is 0.452. The molecular weight excluding hydrogens is 238 g/mol. The van der Waals surface area contributed by atoms with Crippen molar-refractivity contribution in [2.75, 3.05) is 6.61 Å². The normalized spacial score (nSPS) is 14.8. The largest absolute Gasteiger partial charge is 0.396 e. The minimum Gasteiger partial charge on any atom is -0.396 e. The summed E-state index contributed by atoms with van der Waals surface area (Å²) in [6.45, 7) is 6.83. The first-order chi connectivity index (χ1) is 8.88. The highest BCUT2D eigenvalue weighted by atomic mass is 16.3. The van der Waals surface area contributed by atoms with Gasteiger partial charge < -0.3 is 10.8 Å². The molecule has 3 nitrogen and oxygen atoms in total. The maximum atomic E-state index is 11.2. The second-order valence-electron chi connectivity index (χ2n) is 4.16. The Morgan fingerprint density at radius 1 is 1.37 bits per heavy atom. The number of rotatable bonds is 5. The number of hydrogen-bond donors (Lipinski definition) is 2. The summed E-state index contributed by atoms with van der Waals surface area (Å²) in [6, 6.07) is 0. The third-order valence-electron chi connectivity index (χ3n) is 2.85. The van der Waals surface area contributed by atoms with Crippen LogP contribution in [-0.4, -0.2) is 17.5 Å². The Kier molecular flexibility index (Phi) is 7.25. The van der Waals surface area contributed by atoms with Gasteiger partial charge in [0.2, 0.25) is 0 Å². The van der Waals surface area contributed by atoms with Gasteiger partial charge >= 0.3 is 0 Å². The van der Waals surface area contributed by atoms with E-state index in [2.05, 4.69) is 5.92 Å². The number of Topliss-reactive ketones (excluding diaryl/α,β-unsaturated/α-hetero) is 1. The third kappa shape index (κ3) is 4.99. The summed E-state index contributed by atoms with van der Waals surface area (Å²) in [7, 11) is 0. The fraction of sp³-hybridized carbons (Fsp3) is 0.312. The Balaban J connectivity index is 5.75. The van der Waals surface area contributed by atoms with Crippen LogP contribution in [0.15, 0.2) is 46.2 Å². The van der Waals surface area contributed by atoms with Crippen molar-refractivity contribution >= 4 is 5.78 Å². The molecule has 0 unspecified atom stereocenters. The van der Waals surface area contributed by atoms with Crippen molar-refractivity contribution in [3.8, 4) is 12.3 Å². The molecule has 0 aliphatic carbocycles. The van der Waals surface area contributed by atoms with E-state index in [-0.39, 0.29) is 18.1 Å². The van der Waals surface area contributed by atoms with E-state index >= 15 is 0 Å². The Labute approximate surface area is 115 Å². The highest BCUT2D eigenvalue weighted by Gasteiger charge is 2.08. The summed E-state index contributed by atoms with van der Waals surface area (Å²) < 4.78 is 0. The first-order valence-electron chi connectivity index (χ1n) is 5.97. The summed E-state index contributed by atoms with van der Waals surface area (Å²) in [4.78, 5) is 11.2. The maximum Gasteiger partial charge on any atom is 0.175 e. The number of hydrogen-bond acceptors (Lipinski definition) is 3. The van der Waals surface area contributed by atoms with E-state index in [0.29, 0.717) is 0 Å². The van der Waals surface area contributed by atoms with Gasteiger partial charge in [0.05, 0.1) is 12.3 Å². The minimum absolute atomic E-state index is 0.124. The molecule has 102 valence electrons. The second-order valence-corrected chi connectivity index (χ2v) is 4.16. The molecule has 0 saturated carbocycles. The van der Waals surface area contributed by atoms with E-state index in [9.17, 15) is 9.90 Å². The van der Waals surface area contributed by atoms with E-state index in [1.54, 1.807) is 12.2 Å². The Bertz CT molecular complexity index is 511. The van der Waals surface area contributed by atoms with E-state index in [0.717, 1.165) is 22.3 Å². The number of carbonyl (C=O) groups excluding carboxylic acids is 1. The zero-order valence-corrected chi connectivity index (χ0v) is 11.9. The Morgan fingerprint density at radius 2 is 1.95 bits per heavy atom. The van der Waals surface area contributed by atoms with Crippen molar-refractivity contribution in [3.05, 3.63) is 46.2 Å². The summed E-state index contributed by atoms with van der Waals surface area (Å²) in [5, 5.41) is 9.47. The van der Waals surface area contributed by atoms with Crippen molar-refractivity contribution in [3.63, 3.8) is 0 Å². The highest BCUT2D eigenvalue weighted by Crippen LogP contribution is 2.21. The minimum atomic E-state index is -0.186. The Morgan fingerprint density at radius 3 is 2.32 bits per heavy atom. The molecule has 0 amide bonds. The lowest BCUT2D eigenvalue weighted by Crippen LogP contribution is -2.08. The molecule has 0 aliphatic heterocycles. The lowest BCUT2D eigenvalue weighted by Gasteiger charge is -2.12. The average Bonchev–Trinajstić information content (AvgIpc) is 2.36. The predicted octanol–water partition coefficient (Wildman–Crippen LogP) is 2.25. The zero-order valence-electron chi connectivity index (χ0n) is 11.9. The molecule has 0 fully saturated rings. The van der Waals surface area contributed by atoms with Crippen LogP contribution in [-0.2, 0) is 4.79 Å². The van der Waals surface area contributed by atoms with Gasteiger partial charge in [-0.05, 0) is 55.2 Å². The highest BCUT2D eigenvalue weighted by molar-refractivity contribution is 5.92. The van der Waals surface area contributed by atoms with Gasteiger partial charge in [-0.25, -0.2) is 0 Å². The molecule has 0 spiro atoms. The van der Waals surface area contributed by atoms with E-state index < -0.39 is 0 Å². The van der Waals surface area contributed by atoms with Gasteiger partial charge in [-0.15, -0.1) is 6.42 Å². The number of nitrogens with two attached hydrogens (primary N) is 1. The molecule has 0 bridgehead atoms. The fourth-order valence-electron chi connectivity index (χ4n) is 1.60. The van der Waals surface area contributed by atoms with E-state index in [1.165, 1.54) is 6.92 Å². The van der Waals surface area contributed by atoms with Gasteiger partial charge in [-0.3, -0.25) is 4.79 Å². The molecular formula is C16H21NO2. The van der Waals surface area contributed by atoms with Gasteiger partial charge in [-0.2, -0.15) is 0 Å². The third-order valence-corrected chi connectivity index (χ3v) is 2.85. The van der Waals surface area contributed by atoms with Crippen LogP contribution in [0.5, 0.6) is 0 Å². The number of carbonyl (C=O) groups is 1. The van der Waals surface area contributed by atoms with E-state index in [1.807, 2.05) is 26.8 Å². The van der Waals surface area contributed by atoms with E-state index in [4.69, 9.17) is 12.2 Å². The van der Waals surface area contributed by atoms with Crippen LogP contribution < -0.4 is 5.73 Å². The van der Waals surface area contributed by atoms with Gasteiger partial charge in [0, 0.05) is 6.92 Å². The summed E-state index contributed by atoms with van der Waals surface area (Å²) in [6.07, 6.45) is 10.3. The van der Waals surface area contributed by atoms with Crippen LogP contribution in [0.2, 0.25) is 0 Å². The lowest BCUT2D eigenvalue weighted by atomic mass is 9.95. The summed E-state index contributed by atoms with van der Waals surface area (Å²) in [5.74, 6) is 2.25. The lowest BCUT2D eigenvalue weighted by molar-refractivity contribution is -0.113. The molecule has 0 radical (unpaired) electrons. The van der Waals surface area contributed by atoms with Crippen LogP contribution in [0.4, 0.5) is 0 Å². The van der Waals surface area contributed by atoms with Crippen molar-refractivity contribution < 1.29 is 9.90 Å². The molecule has 0 atom stereocenters. The van der Waals surface area contributed by atoms with Crippen LogP contribution in [0.1, 0.15) is 27.7 Å². The smallest absolute Gasteiger partial charge is 0.175 e. The van der Waals surface area contributed by atoms with Crippen molar-refractivity contribution in [2.45, 2.75) is 27.7 Å². The number of ketones is 1. The molecule has 3 heteroatoms. The molecule has 0 saturated heterocycles. The summed E-state index contributed by atoms with van der Waals surface area (Å²) in [5.41, 5.74) is 9.02. The predicted molar refractivity (Wildman–Crippen MR) is 79.1 cm³/mol. The summed E-state index contributed by atoms with van der Waals surface area (Å²) >= 11 is 0. The fourth-order valence-corrected chi connectivity index (χ4v) is 1.60. The topological polar surface area (TPSA) is 63.3 Å². The monoisotopic (exact) mass is 259 g/mol. The van der Waals surface area contributed by atoms with Crippen LogP contribution >= 0.6 is 0 Å². The molecule has 19 heavy (non-hydrogen) atoms.